The summed E-state index contributed by atoms with van der Waals surface area (Å²) in [5.74, 6) is 0.135. The Labute approximate surface area is 122 Å². The molecule has 0 unspecified atom stereocenters. The summed E-state index contributed by atoms with van der Waals surface area (Å²) in [6.45, 7) is 1.81. The second-order valence-corrected chi connectivity index (χ2v) is 6.19. The Morgan fingerprint density at radius 1 is 1.05 bits per heavy atom. The smallest absolute Gasteiger partial charge is 0.339 e. The topological polar surface area (TPSA) is 95.4 Å². The summed E-state index contributed by atoms with van der Waals surface area (Å²) in [5.41, 5.74) is 12.4. The van der Waals surface area contributed by atoms with E-state index in [1.54, 1.807) is 13.0 Å². The minimum Gasteiger partial charge on any atom is -0.397 e. The maximum Gasteiger partial charge on any atom is 0.339 e. The minimum absolute atomic E-state index is 0.0686. The van der Waals surface area contributed by atoms with Crippen LogP contribution >= 0.6 is 11.6 Å². The maximum absolute atomic E-state index is 12.1. The third-order valence-corrected chi connectivity index (χ3v) is 4.35. The second-order valence-electron chi connectivity index (χ2n) is 4.24. The van der Waals surface area contributed by atoms with Crippen LogP contribution < -0.4 is 15.7 Å². The van der Waals surface area contributed by atoms with E-state index in [1.165, 1.54) is 30.3 Å². The highest BCUT2D eigenvalue weighted by molar-refractivity contribution is 7.87. The van der Waals surface area contributed by atoms with Crippen molar-refractivity contribution < 1.29 is 12.6 Å². The molecule has 0 saturated heterocycles. The van der Waals surface area contributed by atoms with Crippen molar-refractivity contribution >= 4 is 33.1 Å². The molecule has 0 heterocycles. The molecule has 5 nitrogen and oxygen atoms in total. The van der Waals surface area contributed by atoms with Crippen LogP contribution in [0.25, 0.3) is 0 Å². The zero-order chi connectivity index (χ0) is 14.9. The van der Waals surface area contributed by atoms with Gasteiger partial charge < -0.3 is 15.7 Å². The van der Waals surface area contributed by atoms with Gasteiger partial charge in [-0.1, -0.05) is 17.7 Å². The normalized spacial score (nSPS) is 11.3. The van der Waals surface area contributed by atoms with Gasteiger partial charge >= 0.3 is 10.1 Å². The van der Waals surface area contributed by atoms with E-state index in [4.69, 9.17) is 27.3 Å². The first-order chi connectivity index (χ1) is 9.29. The minimum atomic E-state index is -3.98. The molecule has 0 aromatic heterocycles. The number of hydrogen-bond acceptors (Lipinski definition) is 5. The van der Waals surface area contributed by atoms with Gasteiger partial charge in [-0.25, -0.2) is 0 Å². The molecule has 2 aromatic carbocycles. The van der Waals surface area contributed by atoms with Gasteiger partial charge in [0.25, 0.3) is 0 Å². The van der Waals surface area contributed by atoms with Crippen LogP contribution in [0.15, 0.2) is 41.3 Å². The molecule has 2 rings (SSSR count). The van der Waals surface area contributed by atoms with Crippen LogP contribution in [0.5, 0.6) is 5.75 Å². The molecule has 106 valence electrons. The number of nitrogen functional groups attached to an aromatic ring is 2. The van der Waals surface area contributed by atoms with Crippen molar-refractivity contribution in [3.63, 3.8) is 0 Å². The number of hydrogen-bond donors (Lipinski definition) is 2. The van der Waals surface area contributed by atoms with Crippen LogP contribution in [-0.2, 0) is 10.1 Å². The fraction of sp³-hybridized carbons (Fsp3) is 0.0769. The Balaban J connectivity index is 2.35. The molecule has 7 heteroatoms. The molecule has 4 N–H and O–H groups in total. The predicted octanol–water partition coefficient (Wildman–Crippen LogP) is 2.58. The molecular weight excluding hydrogens is 300 g/mol. The van der Waals surface area contributed by atoms with Crippen molar-refractivity contribution in [1.82, 2.24) is 0 Å². The first kappa shape index (κ1) is 14.5. The molecule has 0 aliphatic heterocycles. The number of aryl methyl sites for hydroxylation is 1. The van der Waals surface area contributed by atoms with E-state index in [-0.39, 0.29) is 16.3 Å². The average Bonchev–Trinajstić information content (AvgIpc) is 2.37. The van der Waals surface area contributed by atoms with Crippen LogP contribution in [0, 0.1) is 6.92 Å². The van der Waals surface area contributed by atoms with E-state index >= 15 is 0 Å². The maximum atomic E-state index is 12.1. The van der Waals surface area contributed by atoms with Crippen LogP contribution in [0.1, 0.15) is 5.56 Å². The van der Waals surface area contributed by atoms with Crippen molar-refractivity contribution in [3.05, 3.63) is 47.0 Å². The van der Waals surface area contributed by atoms with Crippen molar-refractivity contribution in [2.45, 2.75) is 11.8 Å². The first-order valence-electron chi connectivity index (χ1n) is 5.65. The molecule has 0 aliphatic carbocycles. The standard InChI is InChI=1S/C13H13ClN2O3S/c1-8-2-3-9(6-11(8)14)19-20(17,18)10-4-5-12(15)13(16)7-10/h2-7H,15-16H2,1H3. The molecular formula is C13H13ClN2O3S. The van der Waals surface area contributed by atoms with Crippen molar-refractivity contribution in [2.24, 2.45) is 0 Å². The summed E-state index contributed by atoms with van der Waals surface area (Å²) in [6, 6.07) is 8.63. The summed E-state index contributed by atoms with van der Waals surface area (Å²) in [7, 11) is -3.98. The Bertz CT molecular complexity index is 760. The van der Waals surface area contributed by atoms with Gasteiger partial charge in [0.2, 0.25) is 0 Å². The molecule has 0 bridgehead atoms. The monoisotopic (exact) mass is 312 g/mol. The molecule has 20 heavy (non-hydrogen) atoms. The van der Waals surface area contributed by atoms with Crippen LogP contribution in [-0.4, -0.2) is 8.42 Å². The van der Waals surface area contributed by atoms with Crippen molar-refractivity contribution in [3.8, 4) is 5.75 Å². The molecule has 0 aliphatic rings. The van der Waals surface area contributed by atoms with E-state index in [1.807, 2.05) is 0 Å². The average molecular weight is 313 g/mol. The fourth-order valence-electron chi connectivity index (χ4n) is 1.51. The van der Waals surface area contributed by atoms with E-state index in [2.05, 4.69) is 0 Å². The quantitative estimate of drug-likeness (QED) is 0.671. The highest BCUT2D eigenvalue weighted by Crippen LogP contribution is 2.26. The summed E-state index contributed by atoms with van der Waals surface area (Å²) in [5, 5.41) is 0.425. The SMILES string of the molecule is Cc1ccc(OS(=O)(=O)c2ccc(N)c(N)c2)cc1Cl. The van der Waals surface area contributed by atoms with E-state index in [0.717, 1.165) is 5.56 Å². The Hall–Kier alpha value is -1.92. The fourth-order valence-corrected chi connectivity index (χ4v) is 2.64. The second kappa shape index (κ2) is 5.22. The van der Waals surface area contributed by atoms with Crippen molar-refractivity contribution in [1.29, 1.82) is 0 Å². The van der Waals surface area contributed by atoms with E-state index in [0.29, 0.717) is 10.7 Å². The summed E-state index contributed by atoms with van der Waals surface area (Å²) in [4.78, 5) is -0.0686. The highest BCUT2D eigenvalue weighted by Gasteiger charge is 2.18. The lowest BCUT2D eigenvalue weighted by Gasteiger charge is -2.09. The number of nitrogens with two attached hydrogens (primary N) is 2. The number of benzene rings is 2. The number of anilines is 2. The van der Waals surface area contributed by atoms with E-state index < -0.39 is 10.1 Å². The third-order valence-electron chi connectivity index (χ3n) is 2.70. The summed E-state index contributed by atoms with van der Waals surface area (Å²) < 4.78 is 29.2. The Morgan fingerprint density at radius 3 is 2.35 bits per heavy atom. The number of halogens is 1. The zero-order valence-electron chi connectivity index (χ0n) is 10.6. The highest BCUT2D eigenvalue weighted by atomic mass is 35.5. The predicted molar refractivity (Wildman–Crippen MR) is 79.3 cm³/mol. The molecule has 0 amide bonds. The van der Waals surface area contributed by atoms with Crippen molar-refractivity contribution in [2.75, 3.05) is 11.5 Å². The lowest BCUT2D eigenvalue weighted by atomic mass is 10.2. The molecule has 0 spiro atoms. The van der Waals surface area contributed by atoms with Crippen LogP contribution in [0.3, 0.4) is 0 Å². The van der Waals surface area contributed by atoms with Gasteiger partial charge in [-0.05, 0) is 36.8 Å². The van der Waals surface area contributed by atoms with Crippen LogP contribution in [0.4, 0.5) is 11.4 Å². The molecule has 0 fully saturated rings. The Kier molecular flexibility index (Phi) is 3.78. The van der Waals surface area contributed by atoms with Gasteiger partial charge in [-0.2, -0.15) is 8.42 Å². The van der Waals surface area contributed by atoms with Gasteiger partial charge in [0, 0.05) is 11.1 Å². The molecule has 0 atom stereocenters. The largest absolute Gasteiger partial charge is 0.397 e. The summed E-state index contributed by atoms with van der Waals surface area (Å²) in [6.07, 6.45) is 0. The lowest BCUT2D eigenvalue weighted by molar-refractivity contribution is 0.486. The zero-order valence-corrected chi connectivity index (χ0v) is 12.2. The first-order valence-corrected chi connectivity index (χ1v) is 7.44. The summed E-state index contributed by atoms with van der Waals surface area (Å²) >= 11 is 5.92. The van der Waals surface area contributed by atoms with Gasteiger partial charge in [0.1, 0.15) is 10.6 Å². The van der Waals surface area contributed by atoms with Gasteiger partial charge in [-0.3, -0.25) is 0 Å². The molecule has 2 aromatic rings. The molecule has 0 radical (unpaired) electrons. The van der Waals surface area contributed by atoms with E-state index in [9.17, 15) is 8.42 Å². The third kappa shape index (κ3) is 2.97. The van der Waals surface area contributed by atoms with Gasteiger partial charge in [0.05, 0.1) is 11.4 Å². The Morgan fingerprint density at radius 2 is 1.75 bits per heavy atom. The lowest BCUT2D eigenvalue weighted by Crippen LogP contribution is -2.10. The molecule has 0 saturated carbocycles. The number of rotatable bonds is 3. The van der Waals surface area contributed by atoms with Gasteiger partial charge in [-0.15, -0.1) is 0 Å². The van der Waals surface area contributed by atoms with Gasteiger partial charge in [0.15, 0.2) is 0 Å². The van der Waals surface area contributed by atoms with Crippen LogP contribution in [0.2, 0.25) is 5.02 Å².